The van der Waals surface area contributed by atoms with E-state index in [1.807, 2.05) is 24.3 Å². The summed E-state index contributed by atoms with van der Waals surface area (Å²) in [4.78, 5) is 0. The molecule has 0 spiro atoms. The lowest BCUT2D eigenvalue weighted by Gasteiger charge is -2.00. The van der Waals surface area contributed by atoms with E-state index in [0.29, 0.717) is 0 Å². The molecule has 0 unspecified atom stereocenters. The lowest BCUT2D eigenvalue weighted by atomic mass is 10.3. The highest BCUT2D eigenvalue weighted by atomic mass is 16.5. The van der Waals surface area contributed by atoms with Crippen molar-refractivity contribution in [3.8, 4) is 11.5 Å². The van der Waals surface area contributed by atoms with Gasteiger partial charge in [0.1, 0.15) is 11.5 Å². The average molecular weight is 184 g/mol. The number of hydrogen-bond donors (Lipinski definition) is 2. The van der Waals surface area contributed by atoms with Crippen LogP contribution in [0.15, 0.2) is 24.3 Å². The number of benzene rings is 1. The minimum absolute atomic E-state index is 0.750. The molecule has 0 amide bonds. The Bertz CT molecular complexity index is 189. The third-order valence-electron chi connectivity index (χ3n) is 1.30. The second-order valence-electron chi connectivity index (χ2n) is 2.02. The van der Waals surface area contributed by atoms with Crippen molar-refractivity contribution in [1.82, 2.24) is 0 Å². The van der Waals surface area contributed by atoms with Crippen molar-refractivity contribution in [3.63, 3.8) is 0 Å². The molecule has 1 rings (SSSR count). The molecule has 13 heavy (non-hydrogen) atoms. The largest absolute Gasteiger partial charge is 0.497 e. The zero-order chi connectivity index (χ0) is 10.1. The number of rotatable bonds is 2. The SMILES string of the molecule is COc1ccc(OC)cc1.OBO. The maximum Gasteiger partial charge on any atom is 0.432 e. The van der Waals surface area contributed by atoms with Crippen molar-refractivity contribution < 1.29 is 19.5 Å². The maximum absolute atomic E-state index is 7.12. The lowest BCUT2D eigenvalue weighted by molar-refractivity contribution is 0.403. The smallest absolute Gasteiger partial charge is 0.432 e. The van der Waals surface area contributed by atoms with Crippen LogP contribution in [0.3, 0.4) is 0 Å². The van der Waals surface area contributed by atoms with Crippen LogP contribution in [0.2, 0.25) is 0 Å². The second-order valence-corrected chi connectivity index (χ2v) is 2.02. The van der Waals surface area contributed by atoms with E-state index >= 15 is 0 Å². The van der Waals surface area contributed by atoms with Crippen molar-refractivity contribution in [2.75, 3.05) is 14.2 Å². The molecule has 0 atom stereocenters. The van der Waals surface area contributed by atoms with Crippen LogP contribution in [-0.4, -0.2) is 32.0 Å². The van der Waals surface area contributed by atoms with Crippen LogP contribution < -0.4 is 9.47 Å². The molecule has 72 valence electrons. The Morgan fingerprint density at radius 3 is 1.31 bits per heavy atom. The molecule has 1 aromatic carbocycles. The number of ether oxygens (including phenoxy) is 2. The van der Waals surface area contributed by atoms with Gasteiger partial charge in [0.25, 0.3) is 0 Å². The van der Waals surface area contributed by atoms with E-state index < -0.39 is 7.69 Å². The van der Waals surface area contributed by atoms with Gasteiger partial charge < -0.3 is 19.5 Å². The van der Waals surface area contributed by atoms with Gasteiger partial charge in [-0.15, -0.1) is 0 Å². The Kier molecular flexibility index (Phi) is 6.77. The number of methoxy groups -OCH3 is 2. The van der Waals surface area contributed by atoms with Gasteiger partial charge >= 0.3 is 7.69 Å². The van der Waals surface area contributed by atoms with Crippen LogP contribution in [0, 0.1) is 0 Å². The maximum atomic E-state index is 7.12. The molecule has 0 radical (unpaired) electrons. The molecule has 0 saturated heterocycles. The van der Waals surface area contributed by atoms with E-state index in [1.165, 1.54) is 0 Å². The van der Waals surface area contributed by atoms with Crippen molar-refractivity contribution >= 4 is 7.69 Å². The molecule has 0 aromatic heterocycles. The van der Waals surface area contributed by atoms with Gasteiger partial charge in [-0.05, 0) is 24.3 Å². The first-order valence-electron chi connectivity index (χ1n) is 3.68. The van der Waals surface area contributed by atoms with Crippen LogP contribution in [0.25, 0.3) is 0 Å². The summed E-state index contributed by atoms with van der Waals surface area (Å²) < 4.78 is 9.92. The Hall–Kier alpha value is -1.20. The van der Waals surface area contributed by atoms with E-state index in [9.17, 15) is 0 Å². The van der Waals surface area contributed by atoms with E-state index in [-0.39, 0.29) is 0 Å². The van der Waals surface area contributed by atoms with Gasteiger partial charge in [-0.25, -0.2) is 0 Å². The molecular weight excluding hydrogens is 171 g/mol. The van der Waals surface area contributed by atoms with Crippen LogP contribution in [0.5, 0.6) is 11.5 Å². The third kappa shape index (κ3) is 5.11. The molecule has 1 aromatic rings. The molecule has 2 N–H and O–H groups in total. The Balaban J connectivity index is 0.000000424. The average Bonchev–Trinajstić information content (AvgIpc) is 2.19. The summed E-state index contributed by atoms with van der Waals surface area (Å²) in [7, 11) is 2.53. The summed E-state index contributed by atoms with van der Waals surface area (Å²) in [5, 5.41) is 14.2. The first-order valence-corrected chi connectivity index (χ1v) is 3.68. The minimum atomic E-state index is -0.750. The van der Waals surface area contributed by atoms with Gasteiger partial charge in [-0.3, -0.25) is 0 Å². The predicted octanol–water partition coefficient (Wildman–Crippen LogP) is -0.0587. The zero-order valence-corrected chi connectivity index (χ0v) is 7.73. The van der Waals surface area contributed by atoms with Crippen molar-refractivity contribution in [2.24, 2.45) is 0 Å². The molecule has 0 aliphatic rings. The third-order valence-corrected chi connectivity index (χ3v) is 1.30. The van der Waals surface area contributed by atoms with E-state index in [1.54, 1.807) is 14.2 Å². The van der Waals surface area contributed by atoms with Crippen molar-refractivity contribution in [2.45, 2.75) is 0 Å². The van der Waals surface area contributed by atoms with Crippen LogP contribution >= 0.6 is 0 Å². The molecule has 0 saturated carbocycles. The monoisotopic (exact) mass is 184 g/mol. The molecule has 0 aliphatic carbocycles. The predicted molar refractivity (Wildman–Crippen MR) is 51.1 cm³/mol. The first-order chi connectivity index (χ1) is 6.28. The first kappa shape index (κ1) is 11.8. The van der Waals surface area contributed by atoms with Gasteiger partial charge in [0.15, 0.2) is 0 Å². The van der Waals surface area contributed by atoms with Crippen LogP contribution in [0.1, 0.15) is 0 Å². The quantitative estimate of drug-likeness (QED) is 0.632. The Morgan fingerprint density at radius 1 is 0.923 bits per heavy atom. The van der Waals surface area contributed by atoms with Crippen molar-refractivity contribution in [3.05, 3.63) is 24.3 Å². The van der Waals surface area contributed by atoms with E-state index in [4.69, 9.17) is 19.5 Å². The second kappa shape index (κ2) is 7.45. The standard InChI is InChI=1S/C8H10O2.BH3O2/c1-9-7-3-5-8(10-2)6-4-7;2-1-3/h3-6H,1-2H3;1-3H. The highest BCUT2D eigenvalue weighted by Crippen LogP contribution is 2.15. The molecule has 0 heterocycles. The summed E-state index contributed by atoms with van der Waals surface area (Å²) >= 11 is 0. The zero-order valence-electron chi connectivity index (χ0n) is 7.73. The highest BCUT2D eigenvalue weighted by molar-refractivity contribution is 6.13. The van der Waals surface area contributed by atoms with Crippen molar-refractivity contribution in [1.29, 1.82) is 0 Å². The molecule has 4 nitrogen and oxygen atoms in total. The fourth-order valence-corrected chi connectivity index (χ4v) is 0.712. The highest BCUT2D eigenvalue weighted by Gasteiger charge is 1.89. The molecule has 0 aliphatic heterocycles. The van der Waals surface area contributed by atoms with Gasteiger partial charge in [0, 0.05) is 0 Å². The summed E-state index contributed by atoms with van der Waals surface area (Å²) in [6.07, 6.45) is 0. The lowest BCUT2D eigenvalue weighted by Crippen LogP contribution is -1.83. The van der Waals surface area contributed by atoms with Gasteiger partial charge in [-0.2, -0.15) is 0 Å². The number of hydrogen-bond acceptors (Lipinski definition) is 4. The van der Waals surface area contributed by atoms with E-state index in [2.05, 4.69) is 0 Å². The summed E-state index contributed by atoms with van der Waals surface area (Å²) in [5.41, 5.74) is 0. The summed E-state index contributed by atoms with van der Waals surface area (Å²) in [5.74, 6) is 1.70. The van der Waals surface area contributed by atoms with E-state index in [0.717, 1.165) is 11.5 Å². The molecule has 0 bridgehead atoms. The molecular formula is C8H13BO4. The van der Waals surface area contributed by atoms with Gasteiger partial charge in [0.2, 0.25) is 0 Å². The summed E-state index contributed by atoms with van der Waals surface area (Å²) in [6, 6.07) is 7.44. The Morgan fingerprint density at radius 2 is 1.15 bits per heavy atom. The minimum Gasteiger partial charge on any atom is -0.497 e. The Labute approximate surface area is 78.0 Å². The molecule has 0 fully saturated rings. The van der Waals surface area contributed by atoms with Crippen LogP contribution in [0.4, 0.5) is 0 Å². The van der Waals surface area contributed by atoms with Crippen LogP contribution in [-0.2, 0) is 0 Å². The van der Waals surface area contributed by atoms with Gasteiger partial charge in [-0.1, -0.05) is 0 Å². The fourth-order valence-electron chi connectivity index (χ4n) is 0.712. The fraction of sp³-hybridized carbons (Fsp3) is 0.250. The molecule has 5 heteroatoms. The normalized spacial score (nSPS) is 8.00. The van der Waals surface area contributed by atoms with Gasteiger partial charge in [0.05, 0.1) is 14.2 Å². The topological polar surface area (TPSA) is 58.9 Å². The summed E-state index contributed by atoms with van der Waals surface area (Å²) in [6.45, 7) is 0.